The fourth-order valence-electron chi connectivity index (χ4n) is 2.00. The average Bonchev–Trinajstić information content (AvgIpc) is 3.32. The van der Waals surface area contributed by atoms with E-state index in [-0.39, 0.29) is 5.56 Å². The molecule has 1 aliphatic rings. The molecule has 1 fully saturated rings. The minimum atomic E-state index is -4.41. The number of rotatable bonds is 4. The molecule has 1 saturated carbocycles. The van der Waals surface area contributed by atoms with E-state index >= 15 is 0 Å². The quantitative estimate of drug-likeness (QED) is 0.897. The summed E-state index contributed by atoms with van der Waals surface area (Å²) in [5.41, 5.74) is -0.152. The van der Waals surface area contributed by atoms with Gasteiger partial charge in [-0.1, -0.05) is 0 Å². The minimum absolute atomic E-state index is 0.151. The number of aromatic nitrogens is 1. The molecule has 1 aromatic heterocycles. The number of nitrogens with one attached hydrogen (secondary N) is 2. The summed E-state index contributed by atoms with van der Waals surface area (Å²) in [5, 5.41) is 5.82. The van der Waals surface area contributed by atoms with Crippen molar-refractivity contribution in [2.24, 2.45) is 0 Å². The second-order valence-electron chi connectivity index (χ2n) is 5.38. The van der Waals surface area contributed by atoms with E-state index in [9.17, 15) is 18.0 Å². The molecule has 2 N–H and O–H groups in total. The fraction of sp³-hybridized carbons (Fsp3) is 0.250. The summed E-state index contributed by atoms with van der Waals surface area (Å²) in [4.78, 5) is 16.2. The van der Waals surface area contributed by atoms with Crippen LogP contribution in [-0.4, -0.2) is 16.9 Å². The van der Waals surface area contributed by atoms with Gasteiger partial charge in [-0.2, -0.15) is 13.2 Å². The highest BCUT2D eigenvalue weighted by Crippen LogP contribution is 2.29. The van der Waals surface area contributed by atoms with Crippen LogP contribution in [0, 0.1) is 0 Å². The van der Waals surface area contributed by atoms with E-state index in [2.05, 4.69) is 15.6 Å². The van der Waals surface area contributed by atoms with Gasteiger partial charge in [0.15, 0.2) is 0 Å². The number of anilines is 2. The molecule has 0 radical (unpaired) electrons. The van der Waals surface area contributed by atoms with Gasteiger partial charge >= 0.3 is 6.18 Å². The van der Waals surface area contributed by atoms with Crippen molar-refractivity contribution in [2.75, 3.05) is 10.6 Å². The number of pyridine rings is 1. The van der Waals surface area contributed by atoms with E-state index in [4.69, 9.17) is 0 Å². The lowest BCUT2D eigenvalue weighted by molar-refractivity contribution is -0.137. The second-order valence-corrected chi connectivity index (χ2v) is 5.38. The highest BCUT2D eigenvalue weighted by Gasteiger charge is 2.30. The molecule has 1 heterocycles. The summed E-state index contributed by atoms with van der Waals surface area (Å²) in [6.45, 7) is 0. The van der Waals surface area contributed by atoms with Crippen LogP contribution < -0.4 is 10.6 Å². The van der Waals surface area contributed by atoms with E-state index in [0.29, 0.717) is 11.7 Å². The third-order valence-electron chi connectivity index (χ3n) is 3.43. The zero-order valence-electron chi connectivity index (χ0n) is 12.0. The van der Waals surface area contributed by atoms with Crippen LogP contribution in [0.1, 0.15) is 28.8 Å². The number of carbonyl (C=O) groups is 1. The van der Waals surface area contributed by atoms with Crippen LogP contribution in [0.2, 0.25) is 0 Å². The molecule has 0 bridgehead atoms. The first-order chi connectivity index (χ1) is 10.9. The molecule has 3 rings (SSSR count). The number of alkyl halides is 3. The summed E-state index contributed by atoms with van der Waals surface area (Å²) < 4.78 is 37.5. The molecular weight excluding hydrogens is 307 g/mol. The largest absolute Gasteiger partial charge is 0.416 e. The van der Waals surface area contributed by atoms with Crippen LogP contribution in [0.5, 0.6) is 0 Å². The standard InChI is InChI=1S/C16H14F3N3O/c17-16(18,19)11-3-1-10(2-4-11)15(23)22-13-7-8-14(20-9-13)21-12-5-6-12/h1-4,7-9,12H,5-6H2,(H,20,21)(H,22,23). The molecule has 2 aromatic rings. The van der Waals surface area contributed by atoms with Crippen molar-refractivity contribution in [3.05, 3.63) is 53.7 Å². The summed E-state index contributed by atoms with van der Waals surface area (Å²) >= 11 is 0. The van der Waals surface area contributed by atoms with Gasteiger partial charge in [0.25, 0.3) is 5.91 Å². The number of hydrogen-bond acceptors (Lipinski definition) is 3. The maximum Gasteiger partial charge on any atom is 0.416 e. The molecule has 0 aliphatic heterocycles. The number of nitrogens with zero attached hydrogens (tertiary/aromatic N) is 1. The van der Waals surface area contributed by atoms with E-state index in [1.54, 1.807) is 12.1 Å². The van der Waals surface area contributed by atoms with Gasteiger partial charge in [0.05, 0.1) is 17.4 Å². The molecule has 0 atom stereocenters. The first-order valence-electron chi connectivity index (χ1n) is 7.13. The lowest BCUT2D eigenvalue weighted by Gasteiger charge is -2.09. The lowest BCUT2D eigenvalue weighted by Crippen LogP contribution is -2.13. The van der Waals surface area contributed by atoms with Crippen molar-refractivity contribution >= 4 is 17.4 Å². The molecule has 0 spiro atoms. The molecular formula is C16H14F3N3O. The Balaban J connectivity index is 1.63. The van der Waals surface area contributed by atoms with Crippen LogP contribution >= 0.6 is 0 Å². The molecule has 0 unspecified atom stereocenters. The van der Waals surface area contributed by atoms with Crippen molar-refractivity contribution in [1.82, 2.24) is 4.98 Å². The van der Waals surface area contributed by atoms with Gasteiger partial charge < -0.3 is 10.6 Å². The van der Waals surface area contributed by atoms with Crippen LogP contribution in [0.15, 0.2) is 42.6 Å². The van der Waals surface area contributed by atoms with Crippen molar-refractivity contribution in [3.8, 4) is 0 Å². The Labute approximate surface area is 130 Å². The van der Waals surface area contributed by atoms with Crippen LogP contribution in [0.25, 0.3) is 0 Å². The van der Waals surface area contributed by atoms with E-state index < -0.39 is 17.6 Å². The zero-order valence-corrected chi connectivity index (χ0v) is 12.0. The van der Waals surface area contributed by atoms with Crippen molar-refractivity contribution < 1.29 is 18.0 Å². The number of carbonyl (C=O) groups excluding carboxylic acids is 1. The summed E-state index contributed by atoms with van der Waals surface area (Å²) in [5.74, 6) is 0.253. The topological polar surface area (TPSA) is 54.0 Å². The lowest BCUT2D eigenvalue weighted by atomic mass is 10.1. The van der Waals surface area contributed by atoms with E-state index in [1.807, 2.05) is 0 Å². The predicted octanol–water partition coefficient (Wildman–Crippen LogP) is 3.93. The zero-order chi connectivity index (χ0) is 16.4. The number of amides is 1. The normalized spacial score (nSPS) is 14.4. The average molecular weight is 321 g/mol. The molecule has 0 saturated heterocycles. The van der Waals surface area contributed by atoms with Crippen LogP contribution in [-0.2, 0) is 6.18 Å². The molecule has 120 valence electrons. The Morgan fingerprint density at radius 3 is 2.30 bits per heavy atom. The Bertz CT molecular complexity index is 692. The highest BCUT2D eigenvalue weighted by atomic mass is 19.4. The molecule has 1 amide bonds. The Hall–Kier alpha value is -2.57. The van der Waals surface area contributed by atoms with E-state index in [1.165, 1.54) is 6.20 Å². The molecule has 1 aliphatic carbocycles. The third-order valence-corrected chi connectivity index (χ3v) is 3.43. The molecule has 7 heteroatoms. The third kappa shape index (κ3) is 4.00. The maximum atomic E-state index is 12.5. The van der Waals surface area contributed by atoms with Gasteiger partial charge in [-0.25, -0.2) is 4.98 Å². The molecule has 4 nitrogen and oxygen atoms in total. The summed E-state index contributed by atoms with van der Waals surface area (Å²) in [7, 11) is 0. The first kappa shape index (κ1) is 15.3. The SMILES string of the molecule is O=C(Nc1ccc(NC2CC2)nc1)c1ccc(C(F)(F)F)cc1. The Morgan fingerprint density at radius 1 is 1.09 bits per heavy atom. The van der Waals surface area contributed by atoms with Crippen molar-refractivity contribution in [2.45, 2.75) is 25.1 Å². The van der Waals surface area contributed by atoms with Crippen molar-refractivity contribution in [1.29, 1.82) is 0 Å². The van der Waals surface area contributed by atoms with Gasteiger partial charge in [0.2, 0.25) is 0 Å². The van der Waals surface area contributed by atoms with Crippen molar-refractivity contribution in [3.63, 3.8) is 0 Å². The monoisotopic (exact) mass is 321 g/mol. The smallest absolute Gasteiger partial charge is 0.367 e. The van der Waals surface area contributed by atoms with Crippen LogP contribution in [0.4, 0.5) is 24.7 Å². The predicted molar refractivity (Wildman–Crippen MR) is 80.3 cm³/mol. The number of halogens is 3. The second kappa shape index (κ2) is 5.91. The van der Waals surface area contributed by atoms with Gasteiger partial charge in [-0.15, -0.1) is 0 Å². The Kier molecular flexibility index (Phi) is 3.94. The van der Waals surface area contributed by atoms with Crippen LogP contribution in [0.3, 0.4) is 0 Å². The summed E-state index contributed by atoms with van der Waals surface area (Å²) in [6, 6.07) is 7.99. The number of hydrogen-bond donors (Lipinski definition) is 2. The summed E-state index contributed by atoms with van der Waals surface area (Å²) in [6.07, 6.45) is -0.641. The Morgan fingerprint density at radius 2 is 1.78 bits per heavy atom. The minimum Gasteiger partial charge on any atom is -0.367 e. The van der Waals surface area contributed by atoms with Gasteiger partial charge in [0, 0.05) is 11.6 Å². The number of benzene rings is 1. The van der Waals surface area contributed by atoms with Gasteiger partial charge in [0.1, 0.15) is 5.82 Å². The van der Waals surface area contributed by atoms with Gasteiger partial charge in [-0.3, -0.25) is 4.79 Å². The maximum absolute atomic E-state index is 12.5. The first-order valence-corrected chi connectivity index (χ1v) is 7.13. The fourth-order valence-corrected chi connectivity index (χ4v) is 2.00. The highest BCUT2D eigenvalue weighted by molar-refractivity contribution is 6.04. The van der Waals surface area contributed by atoms with E-state index in [0.717, 1.165) is 42.9 Å². The molecule has 1 aromatic carbocycles. The molecule has 23 heavy (non-hydrogen) atoms. The van der Waals surface area contributed by atoms with Gasteiger partial charge in [-0.05, 0) is 49.2 Å².